The summed E-state index contributed by atoms with van der Waals surface area (Å²) in [6.07, 6.45) is 2.04. The maximum absolute atomic E-state index is 14.0. The molecule has 0 radical (unpaired) electrons. The first kappa shape index (κ1) is 37.8. The zero-order chi connectivity index (χ0) is 34.7. The lowest BCUT2D eigenvalue weighted by molar-refractivity contribution is -0.123. The van der Waals surface area contributed by atoms with Gasteiger partial charge >= 0.3 is 0 Å². The number of rotatable bonds is 19. The molecule has 0 bridgehead atoms. The topological polar surface area (TPSA) is 121 Å². The van der Waals surface area contributed by atoms with Crippen molar-refractivity contribution in [3.05, 3.63) is 101 Å². The first-order valence-electron chi connectivity index (χ1n) is 16.3. The Hall–Kier alpha value is -3.66. The van der Waals surface area contributed by atoms with Gasteiger partial charge in [-0.3, -0.25) is 18.7 Å². The summed E-state index contributed by atoms with van der Waals surface area (Å²) < 4.78 is 26.0. The van der Waals surface area contributed by atoms with Gasteiger partial charge in [0.15, 0.2) is 17.3 Å². The van der Waals surface area contributed by atoms with E-state index in [9.17, 15) is 27.9 Å². The Morgan fingerprint density at radius 2 is 1.38 bits per heavy atom. The fourth-order valence-corrected chi connectivity index (χ4v) is 6.07. The number of nitrogens with one attached hydrogen (secondary N) is 1. The van der Waals surface area contributed by atoms with E-state index >= 15 is 0 Å². The summed E-state index contributed by atoms with van der Waals surface area (Å²) in [5.41, 5.74) is 2.77. The second-order valence-electron chi connectivity index (χ2n) is 13.1. The Morgan fingerprint density at radius 1 is 0.830 bits per heavy atom. The fraction of sp³-hybridized carbons (Fsp3) is 0.447. The molecule has 0 aromatic heterocycles. The van der Waals surface area contributed by atoms with E-state index in [2.05, 4.69) is 5.32 Å². The summed E-state index contributed by atoms with van der Waals surface area (Å²) >= 11 is 0. The number of aliphatic hydroxyl groups excluding tert-OH is 1. The van der Waals surface area contributed by atoms with Gasteiger partial charge < -0.3 is 10.4 Å². The summed E-state index contributed by atoms with van der Waals surface area (Å²) in [6, 6.07) is 23.2. The lowest BCUT2D eigenvalue weighted by Crippen LogP contribution is -2.47. The van der Waals surface area contributed by atoms with Gasteiger partial charge in [-0.15, -0.1) is 0 Å². The number of carbonyl (C=O) groups is 3. The molecule has 8 nitrogen and oxygen atoms in total. The highest BCUT2D eigenvalue weighted by atomic mass is 32.2. The first-order valence-corrected chi connectivity index (χ1v) is 18.2. The van der Waals surface area contributed by atoms with Gasteiger partial charge in [0.1, 0.15) is 0 Å². The van der Waals surface area contributed by atoms with E-state index in [0.29, 0.717) is 25.3 Å². The average molecular weight is 663 g/mol. The third-order valence-corrected chi connectivity index (χ3v) is 9.75. The van der Waals surface area contributed by atoms with E-state index in [1.54, 1.807) is 13.0 Å². The molecule has 0 aliphatic rings. The number of nitrogens with zero attached hydrogens (tertiary/aromatic N) is 1. The van der Waals surface area contributed by atoms with Crippen molar-refractivity contribution >= 4 is 33.1 Å². The van der Waals surface area contributed by atoms with Crippen LogP contribution in [0.15, 0.2) is 78.9 Å². The molecule has 9 heteroatoms. The van der Waals surface area contributed by atoms with Gasteiger partial charge in [0.05, 0.1) is 24.1 Å². The molecule has 0 amide bonds. The molecule has 2 N–H and O–H groups in total. The van der Waals surface area contributed by atoms with Crippen molar-refractivity contribution in [2.75, 3.05) is 24.2 Å². The molecule has 3 aromatic carbocycles. The predicted octanol–water partition coefficient (Wildman–Crippen LogP) is 6.23. The molecule has 0 saturated heterocycles. The number of Topliss-reactive ketones (excluding diaryl/α,β-unsaturated/α-hetero) is 3. The van der Waals surface area contributed by atoms with Crippen LogP contribution >= 0.6 is 0 Å². The summed E-state index contributed by atoms with van der Waals surface area (Å²) in [6.45, 7) is 7.94. The van der Waals surface area contributed by atoms with Crippen LogP contribution in [0.5, 0.6) is 0 Å². The van der Waals surface area contributed by atoms with E-state index in [1.165, 1.54) is 19.2 Å². The van der Waals surface area contributed by atoms with Crippen LogP contribution in [0.1, 0.15) is 91.1 Å². The maximum atomic E-state index is 14.0. The van der Waals surface area contributed by atoms with Crippen molar-refractivity contribution in [2.24, 2.45) is 11.8 Å². The zero-order valence-corrected chi connectivity index (χ0v) is 29.3. The summed E-state index contributed by atoms with van der Waals surface area (Å²) in [5, 5.41) is 13.7. The van der Waals surface area contributed by atoms with Gasteiger partial charge in [-0.25, -0.2) is 8.42 Å². The zero-order valence-electron chi connectivity index (χ0n) is 28.5. The molecule has 0 aliphatic carbocycles. The average Bonchev–Trinajstić information content (AvgIpc) is 3.03. The van der Waals surface area contributed by atoms with Crippen LogP contribution in [0.3, 0.4) is 0 Å². The maximum Gasteiger partial charge on any atom is 0.231 e. The summed E-state index contributed by atoms with van der Waals surface area (Å²) in [4.78, 5) is 40.5. The van der Waals surface area contributed by atoms with Crippen molar-refractivity contribution in [1.82, 2.24) is 5.32 Å². The molecular formula is C38H50N2O6S. The Balaban J connectivity index is 1.91. The van der Waals surface area contributed by atoms with Crippen molar-refractivity contribution < 1.29 is 27.9 Å². The second-order valence-corrected chi connectivity index (χ2v) is 15.2. The molecule has 254 valence electrons. The number of anilines is 1. The first-order chi connectivity index (χ1) is 22.1. The van der Waals surface area contributed by atoms with Gasteiger partial charge in [0, 0.05) is 37.4 Å². The largest absolute Gasteiger partial charge is 0.391 e. The fourth-order valence-electron chi connectivity index (χ4n) is 5.58. The molecule has 0 fully saturated rings. The van der Waals surface area contributed by atoms with Crippen molar-refractivity contribution in [3.63, 3.8) is 0 Å². The molecule has 0 aliphatic heterocycles. The van der Waals surface area contributed by atoms with E-state index < -0.39 is 22.2 Å². The highest BCUT2D eigenvalue weighted by Gasteiger charge is 2.26. The monoisotopic (exact) mass is 662 g/mol. The molecule has 4 atom stereocenters. The summed E-state index contributed by atoms with van der Waals surface area (Å²) in [5.74, 6) is -0.485. The number of ketones is 3. The number of hydrogen-bond acceptors (Lipinski definition) is 7. The van der Waals surface area contributed by atoms with Crippen molar-refractivity contribution in [1.29, 1.82) is 0 Å². The van der Waals surface area contributed by atoms with Crippen LogP contribution in [-0.4, -0.2) is 62.9 Å². The summed E-state index contributed by atoms with van der Waals surface area (Å²) in [7, 11) is -2.27. The van der Waals surface area contributed by atoms with Gasteiger partial charge in [0.2, 0.25) is 10.0 Å². The molecule has 0 heterocycles. The molecular weight excluding hydrogens is 612 g/mol. The van der Waals surface area contributed by atoms with Gasteiger partial charge in [-0.1, -0.05) is 81.4 Å². The molecule has 3 rings (SSSR count). The van der Waals surface area contributed by atoms with E-state index in [1.807, 2.05) is 81.4 Å². The van der Waals surface area contributed by atoms with Crippen molar-refractivity contribution in [3.8, 4) is 0 Å². The highest BCUT2D eigenvalue weighted by Crippen LogP contribution is 2.27. The standard InChI is InChI=1S/C38H50N2O6S/c1-26(2)17-18-35(42)38(28(4)41)39-25-30(20-29-13-9-7-10-14-29)21-37(44)33-22-32(23-34(24-33)40(5)47(6,45)46)36(43)19-27(3)31-15-11-8-12-16-31/h7-16,22-24,26-28,30,38-39,41H,17-21,25H2,1-6H3/t27-,28+,30+,38-/m0/s1. The molecule has 0 saturated carbocycles. The normalized spacial score (nSPS) is 14.3. The van der Waals surface area contributed by atoms with Crippen LogP contribution in [-0.2, 0) is 21.2 Å². The number of benzene rings is 3. The molecule has 0 spiro atoms. The number of aliphatic hydroxyl groups is 1. The Labute approximate surface area is 280 Å². The quantitative estimate of drug-likeness (QED) is 0.146. The Bertz CT molecular complexity index is 1590. The minimum absolute atomic E-state index is 0.0668. The van der Waals surface area contributed by atoms with Gasteiger partial charge in [-0.05, 0) is 73.4 Å². The van der Waals surface area contributed by atoms with Crippen LogP contribution in [0, 0.1) is 11.8 Å². The van der Waals surface area contributed by atoms with Crippen LogP contribution < -0.4 is 9.62 Å². The number of hydrogen-bond donors (Lipinski definition) is 2. The van der Waals surface area contributed by atoms with Gasteiger partial charge in [0.25, 0.3) is 0 Å². The minimum Gasteiger partial charge on any atom is -0.391 e. The Morgan fingerprint density at radius 3 is 1.91 bits per heavy atom. The smallest absolute Gasteiger partial charge is 0.231 e. The molecule has 0 unspecified atom stereocenters. The molecule has 47 heavy (non-hydrogen) atoms. The van der Waals surface area contributed by atoms with E-state index in [4.69, 9.17) is 0 Å². The van der Waals surface area contributed by atoms with Gasteiger partial charge in [-0.2, -0.15) is 0 Å². The van der Waals surface area contributed by atoms with Crippen molar-refractivity contribution in [2.45, 2.75) is 77.9 Å². The van der Waals surface area contributed by atoms with Crippen LogP contribution in [0.4, 0.5) is 5.69 Å². The Kier molecular flexibility index (Phi) is 14.1. The number of carbonyl (C=O) groups excluding carboxylic acids is 3. The third kappa shape index (κ3) is 11.8. The highest BCUT2D eigenvalue weighted by molar-refractivity contribution is 7.92. The predicted molar refractivity (Wildman–Crippen MR) is 189 cm³/mol. The third-order valence-electron chi connectivity index (χ3n) is 8.55. The minimum atomic E-state index is -3.67. The number of sulfonamides is 1. The van der Waals surface area contributed by atoms with Crippen LogP contribution in [0.25, 0.3) is 0 Å². The second kappa shape index (κ2) is 17.5. The van der Waals surface area contributed by atoms with E-state index in [0.717, 1.165) is 28.1 Å². The SMILES string of the molecule is CC(C)CCC(=O)[C@@H](NC[C@@H](CC(=O)c1cc(C(=O)C[C@H](C)c2ccccc2)cc(N(C)S(C)(=O)=O)c1)Cc1ccccc1)[C@@H](C)O. The van der Waals surface area contributed by atoms with E-state index in [-0.39, 0.29) is 58.8 Å². The lowest BCUT2D eigenvalue weighted by Gasteiger charge is -2.25. The lowest BCUT2D eigenvalue weighted by atomic mass is 9.89. The molecule has 3 aromatic rings. The van der Waals surface area contributed by atoms with Crippen LogP contribution in [0.2, 0.25) is 0 Å².